The van der Waals surface area contributed by atoms with Crippen molar-refractivity contribution in [3.8, 4) is 0 Å². The van der Waals surface area contributed by atoms with Crippen LogP contribution in [0.2, 0.25) is 0 Å². The molecule has 0 aromatic carbocycles. The molecule has 84 valence electrons. The molecule has 0 spiro atoms. The fraction of sp³-hybridized carbons (Fsp3) is 0.600. The lowest BCUT2D eigenvalue weighted by atomic mass is 10.1. The smallest absolute Gasteiger partial charge is 0.271 e. The van der Waals surface area contributed by atoms with Gasteiger partial charge in [-0.1, -0.05) is 13.3 Å². The number of aromatic nitrogens is 2. The lowest BCUT2D eigenvalue weighted by molar-refractivity contribution is 0.0931. The first-order valence-corrected chi connectivity index (χ1v) is 5.16. The zero-order valence-corrected chi connectivity index (χ0v) is 9.23. The number of nitrogens with zero attached hydrogens (tertiary/aromatic N) is 2. The Balaban J connectivity index is 2.54. The van der Waals surface area contributed by atoms with E-state index in [-0.39, 0.29) is 11.9 Å². The molecule has 0 saturated carbocycles. The third-order valence-electron chi connectivity index (χ3n) is 2.19. The number of nitrogens with two attached hydrogens (primary N) is 1. The van der Waals surface area contributed by atoms with Crippen LogP contribution in [0.5, 0.6) is 0 Å². The summed E-state index contributed by atoms with van der Waals surface area (Å²) in [6.45, 7) is 2.53. The van der Waals surface area contributed by atoms with Crippen molar-refractivity contribution in [2.24, 2.45) is 12.8 Å². The molecule has 1 rings (SSSR count). The summed E-state index contributed by atoms with van der Waals surface area (Å²) in [7, 11) is 1.83. The number of hydrogen-bond acceptors (Lipinski definition) is 3. The summed E-state index contributed by atoms with van der Waals surface area (Å²) in [6.07, 6.45) is 5.19. The van der Waals surface area contributed by atoms with Gasteiger partial charge in [-0.05, 0) is 6.42 Å². The molecule has 0 aliphatic heterocycles. The molecule has 5 heteroatoms. The quantitative estimate of drug-likeness (QED) is 0.733. The number of rotatable bonds is 5. The van der Waals surface area contributed by atoms with Crippen molar-refractivity contribution in [3.05, 3.63) is 18.2 Å². The summed E-state index contributed by atoms with van der Waals surface area (Å²) in [5.74, 6) is -0.153. The first-order chi connectivity index (χ1) is 7.17. The Kier molecular flexibility index (Phi) is 4.30. The average Bonchev–Trinajstić information content (AvgIpc) is 2.64. The second kappa shape index (κ2) is 5.50. The minimum absolute atomic E-state index is 0.0458. The van der Waals surface area contributed by atoms with Crippen LogP contribution in [0.3, 0.4) is 0 Å². The maximum Gasteiger partial charge on any atom is 0.271 e. The Bertz CT molecular complexity index is 321. The average molecular weight is 210 g/mol. The highest BCUT2D eigenvalue weighted by molar-refractivity contribution is 5.92. The third kappa shape index (κ3) is 3.36. The van der Waals surface area contributed by atoms with Crippen LogP contribution in [0.25, 0.3) is 0 Å². The zero-order valence-electron chi connectivity index (χ0n) is 9.23. The summed E-state index contributed by atoms with van der Waals surface area (Å²) in [5.41, 5.74) is 5.99. The van der Waals surface area contributed by atoms with Gasteiger partial charge < -0.3 is 15.6 Å². The number of hydrogen-bond donors (Lipinski definition) is 2. The van der Waals surface area contributed by atoms with E-state index in [1.54, 1.807) is 17.1 Å². The predicted octanol–water partition coefficient (Wildman–Crippen LogP) is 0.277. The SMILES string of the molecule is CCCC(CN)NC(=O)c1cn(C)cn1. The largest absolute Gasteiger partial charge is 0.347 e. The molecular formula is C10H18N4O. The van der Waals surface area contributed by atoms with Crippen molar-refractivity contribution in [2.45, 2.75) is 25.8 Å². The second-order valence-corrected chi connectivity index (χ2v) is 3.62. The van der Waals surface area contributed by atoms with Gasteiger partial charge in [-0.25, -0.2) is 4.98 Å². The van der Waals surface area contributed by atoms with Crippen molar-refractivity contribution < 1.29 is 4.79 Å². The van der Waals surface area contributed by atoms with E-state index in [0.717, 1.165) is 12.8 Å². The molecule has 0 fully saturated rings. The normalized spacial score (nSPS) is 12.5. The van der Waals surface area contributed by atoms with Crippen LogP contribution in [-0.4, -0.2) is 28.0 Å². The summed E-state index contributed by atoms with van der Waals surface area (Å²) in [6, 6.07) is 0.0458. The van der Waals surface area contributed by atoms with E-state index >= 15 is 0 Å². The Morgan fingerprint density at radius 1 is 1.73 bits per heavy atom. The summed E-state index contributed by atoms with van der Waals surface area (Å²) in [5, 5.41) is 2.86. The van der Waals surface area contributed by atoms with Crippen LogP contribution in [0.4, 0.5) is 0 Å². The highest BCUT2D eigenvalue weighted by Crippen LogP contribution is 1.98. The van der Waals surface area contributed by atoms with Gasteiger partial charge >= 0.3 is 0 Å². The van der Waals surface area contributed by atoms with Crippen LogP contribution in [-0.2, 0) is 7.05 Å². The minimum Gasteiger partial charge on any atom is -0.347 e. The van der Waals surface area contributed by atoms with Gasteiger partial charge in [-0.15, -0.1) is 0 Å². The molecule has 1 unspecified atom stereocenters. The molecule has 1 aromatic rings. The van der Waals surface area contributed by atoms with E-state index < -0.39 is 0 Å². The maximum atomic E-state index is 11.7. The molecule has 0 bridgehead atoms. The van der Waals surface area contributed by atoms with Gasteiger partial charge in [0, 0.05) is 25.8 Å². The third-order valence-corrected chi connectivity index (χ3v) is 2.19. The van der Waals surface area contributed by atoms with Crippen LogP contribution in [0.1, 0.15) is 30.3 Å². The van der Waals surface area contributed by atoms with E-state index in [1.807, 2.05) is 7.05 Å². The van der Waals surface area contributed by atoms with E-state index in [9.17, 15) is 4.79 Å². The van der Waals surface area contributed by atoms with Gasteiger partial charge in [0.25, 0.3) is 5.91 Å². The fourth-order valence-electron chi connectivity index (χ4n) is 1.39. The zero-order chi connectivity index (χ0) is 11.3. The van der Waals surface area contributed by atoms with Crippen molar-refractivity contribution in [2.75, 3.05) is 6.54 Å². The van der Waals surface area contributed by atoms with Crippen LogP contribution in [0.15, 0.2) is 12.5 Å². The number of nitrogens with one attached hydrogen (secondary N) is 1. The molecule has 1 aromatic heterocycles. The van der Waals surface area contributed by atoms with Crippen molar-refractivity contribution >= 4 is 5.91 Å². The molecule has 0 radical (unpaired) electrons. The van der Waals surface area contributed by atoms with Crippen molar-refractivity contribution in [3.63, 3.8) is 0 Å². The molecule has 1 amide bonds. The highest BCUT2D eigenvalue weighted by atomic mass is 16.2. The monoisotopic (exact) mass is 210 g/mol. The van der Waals surface area contributed by atoms with E-state index in [1.165, 1.54) is 0 Å². The number of aryl methyl sites for hydroxylation is 1. The second-order valence-electron chi connectivity index (χ2n) is 3.62. The van der Waals surface area contributed by atoms with Gasteiger partial charge in [0.05, 0.1) is 6.33 Å². The topological polar surface area (TPSA) is 72.9 Å². The van der Waals surface area contributed by atoms with Crippen LogP contribution < -0.4 is 11.1 Å². The minimum atomic E-state index is -0.153. The molecule has 0 aliphatic rings. The van der Waals surface area contributed by atoms with Gasteiger partial charge in [-0.2, -0.15) is 0 Å². The Morgan fingerprint density at radius 3 is 2.93 bits per heavy atom. The standard InChI is InChI=1S/C10H18N4O/c1-3-4-8(5-11)13-10(15)9-6-14(2)7-12-9/h6-8H,3-5,11H2,1-2H3,(H,13,15). The maximum absolute atomic E-state index is 11.7. The van der Waals surface area contributed by atoms with Crippen LogP contribution in [0, 0.1) is 0 Å². The first kappa shape index (κ1) is 11.7. The lowest BCUT2D eigenvalue weighted by Crippen LogP contribution is -2.40. The molecule has 5 nitrogen and oxygen atoms in total. The van der Waals surface area contributed by atoms with Gasteiger partial charge in [0.1, 0.15) is 5.69 Å². The summed E-state index contributed by atoms with van der Waals surface area (Å²) < 4.78 is 1.74. The lowest BCUT2D eigenvalue weighted by Gasteiger charge is -2.14. The van der Waals surface area contributed by atoms with E-state index in [2.05, 4.69) is 17.2 Å². The number of imidazole rings is 1. The summed E-state index contributed by atoms with van der Waals surface area (Å²) in [4.78, 5) is 15.6. The molecule has 1 heterocycles. The van der Waals surface area contributed by atoms with Gasteiger partial charge in [0.2, 0.25) is 0 Å². The Morgan fingerprint density at radius 2 is 2.47 bits per heavy atom. The Hall–Kier alpha value is -1.36. The highest BCUT2D eigenvalue weighted by Gasteiger charge is 2.13. The molecule has 3 N–H and O–H groups in total. The summed E-state index contributed by atoms with van der Waals surface area (Å²) >= 11 is 0. The van der Waals surface area contributed by atoms with Gasteiger partial charge in [-0.3, -0.25) is 4.79 Å². The van der Waals surface area contributed by atoms with Gasteiger partial charge in [0.15, 0.2) is 0 Å². The van der Waals surface area contributed by atoms with Crippen LogP contribution >= 0.6 is 0 Å². The number of amides is 1. The molecule has 0 aliphatic carbocycles. The molecule has 15 heavy (non-hydrogen) atoms. The fourth-order valence-corrected chi connectivity index (χ4v) is 1.39. The predicted molar refractivity (Wildman–Crippen MR) is 58.4 cm³/mol. The molecular weight excluding hydrogens is 192 g/mol. The van der Waals surface area contributed by atoms with Crippen molar-refractivity contribution in [1.82, 2.24) is 14.9 Å². The molecule has 0 saturated heterocycles. The van der Waals surface area contributed by atoms with E-state index in [0.29, 0.717) is 12.2 Å². The van der Waals surface area contributed by atoms with Crippen molar-refractivity contribution in [1.29, 1.82) is 0 Å². The number of carbonyl (C=O) groups excluding carboxylic acids is 1. The van der Waals surface area contributed by atoms with E-state index in [4.69, 9.17) is 5.73 Å². The number of carbonyl (C=O) groups is 1. The first-order valence-electron chi connectivity index (χ1n) is 5.16. The Labute approximate surface area is 89.7 Å². The molecule has 1 atom stereocenters.